The summed E-state index contributed by atoms with van der Waals surface area (Å²) in [5, 5.41) is 9.30. The Morgan fingerprint density at radius 2 is 1.77 bits per heavy atom. The summed E-state index contributed by atoms with van der Waals surface area (Å²) in [6.07, 6.45) is 2.64. The third kappa shape index (κ3) is 6.47. The van der Waals surface area contributed by atoms with Gasteiger partial charge in [-0.1, -0.05) is 60.7 Å². The van der Waals surface area contributed by atoms with Crippen LogP contribution in [0.3, 0.4) is 0 Å². The summed E-state index contributed by atoms with van der Waals surface area (Å²) in [6.45, 7) is 2.03. The van der Waals surface area contributed by atoms with E-state index in [-0.39, 0.29) is 24.7 Å². The van der Waals surface area contributed by atoms with Gasteiger partial charge in [0.2, 0.25) is 5.91 Å². The van der Waals surface area contributed by atoms with E-state index in [1.54, 1.807) is 12.1 Å². The Morgan fingerprint density at radius 3 is 2.51 bits per heavy atom. The molecule has 0 saturated carbocycles. The molecule has 0 spiro atoms. The zero-order valence-corrected chi connectivity index (χ0v) is 19.9. The first-order valence-corrected chi connectivity index (χ1v) is 11.9. The Bertz CT molecular complexity index is 1200. The number of carbonyl (C=O) groups is 2. The van der Waals surface area contributed by atoms with Crippen LogP contribution in [0.2, 0.25) is 0 Å². The molecule has 1 heterocycles. The zero-order valence-electron chi connectivity index (χ0n) is 19.9. The van der Waals surface area contributed by atoms with Gasteiger partial charge in [-0.3, -0.25) is 9.59 Å². The maximum absolute atomic E-state index is 14.2. The lowest BCUT2D eigenvalue weighted by Crippen LogP contribution is -2.37. The molecule has 3 aromatic carbocycles. The van der Waals surface area contributed by atoms with E-state index in [9.17, 15) is 19.1 Å². The highest BCUT2D eigenvalue weighted by Crippen LogP contribution is 2.38. The molecule has 5 nitrogen and oxygen atoms in total. The lowest BCUT2D eigenvalue weighted by Gasteiger charge is -2.24. The number of aryl methyl sites for hydroxylation is 1. The minimum Gasteiger partial charge on any atom is -0.487 e. The molecule has 0 saturated heterocycles. The number of hydrogen-bond donors (Lipinski definition) is 1. The third-order valence-electron chi connectivity index (χ3n) is 6.34. The fraction of sp³-hybridized carbons (Fsp3) is 0.310. The molecule has 1 aliphatic heterocycles. The predicted octanol–water partition coefficient (Wildman–Crippen LogP) is 4.85. The van der Waals surface area contributed by atoms with Gasteiger partial charge >= 0.3 is 5.97 Å². The molecule has 1 aliphatic rings. The molecule has 0 radical (unpaired) electrons. The number of ether oxygens (including phenoxy) is 1. The van der Waals surface area contributed by atoms with Crippen molar-refractivity contribution in [1.29, 1.82) is 0 Å². The highest BCUT2D eigenvalue weighted by molar-refractivity contribution is 5.83. The quantitative estimate of drug-likeness (QED) is 0.455. The first kappa shape index (κ1) is 24.5. The number of benzene rings is 3. The van der Waals surface area contributed by atoms with Gasteiger partial charge in [-0.25, -0.2) is 4.39 Å². The maximum atomic E-state index is 14.2. The number of hydrogen-bond acceptors (Lipinski definition) is 3. The number of nitrogens with zero attached hydrogens (tertiary/aromatic N) is 1. The number of carboxylic acid groups (broad SMARTS) is 1. The van der Waals surface area contributed by atoms with Crippen LogP contribution in [0.5, 0.6) is 5.75 Å². The van der Waals surface area contributed by atoms with Gasteiger partial charge in [0.25, 0.3) is 0 Å². The van der Waals surface area contributed by atoms with Gasteiger partial charge in [0.05, 0.1) is 6.42 Å². The lowest BCUT2D eigenvalue weighted by molar-refractivity contribution is -0.144. The summed E-state index contributed by atoms with van der Waals surface area (Å²) in [4.78, 5) is 25.8. The van der Waals surface area contributed by atoms with Crippen LogP contribution >= 0.6 is 0 Å². The Morgan fingerprint density at radius 1 is 1.03 bits per heavy atom. The second-order valence-electron chi connectivity index (χ2n) is 9.41. The van der Waals surface area contributed by atoms with E-state index in [1.807, 2.05) is 61.5 Å². The van der Waals surface area contributed by atoms with Crippen molar-refractivity contribution in [2.75, 3.05) is 13.1 Å². The SMILES string of the molecule is C[C@@]1(Cc2ccccc2F)Cc2cc(CC(=O)N(CCCc3ccccc3)CC(=O)O)ccc2O1. The molecule has 0 aromatic heterocycles. The number of halogens is 1. The molecule has 1 amide bonds. The minimum atomic E-state index is -1.02. The van der Waals surface area contributed by atoms with Crippen molar-refractivity contribution < 1.29 is 23.8 Å². The van der Waals surface area contributed by atoms with Crippen molar-refractivity contribution in [3.63, 3.8) is 0 Å². The largest absolute Gasteiger partial charge is 0.487 e. The van der Waals surface area contributed by atoms with Crippen LogP contribution in [0.15, 0.2) is 72.8 Å². The van der Waals surface area contributed by atoms with Crippen LogP contribution in [0.1, 0.15) is 35.6 Å². The van der Waals surface area contributed by atoms with Crippen LogP contribution in [0.25, 0.3) is 0 Å². The molecule has 4 rings (SSSR count). The number of aliphatic carboxylic acids is 1. The van der Waals surface area contributed by atoms with E-state index in [4.69, 9.17) is 4.74 Å². The predicted molar refractivity (Wildman–Crippen MR) is 132 cm³/mol. The van der Waals surface area contributed by atoms with Crippen molar-refractivity contribution in [3.05, 3.63) is 101 Å². The van der Waals surface area contributed by atoms with Crippen LogP contribution in [-0.4, -0.2) is 40.6 Å². The first-order chi connectivity index (χ1) is 16.8. The average molecular weight is 476 g/mol. The van der Waals surface area contributed by atoms with Gasteiger partial charge in [0.1, 0.15) is 23.7 Å². The van der Waals surface area contributed by atoms with Gasteiger partial charge in [-0.2, -0.15) is 0 Å². The maximum Gasteiger partial charge on any atom is 0.323 e. The molecule has 1 N–H and O–H groups in total. The lowest BCUT2D eigenvalue weighted by atomic mass is 9.91. The van der Waals surface area contributed by atoms with Crippen molar-refractivity contribution in [3.8, 4) is 5.75 Å². The summed E-state index contributed by atoms with van der Waals surface area (Å²) in [5.74, 6) is -0.742. The van der Waals surface area contributed by atoms with E-state index < -0.39 is 11.6 Å². The van der Waals surface area contributed by atoms with Crippen molar-refractivity contribution in [1.82, 2.24) is 4.90 Å². The fourth-order valence-electron chi connectivity index (χ4n) is 4.69. The van der Waals surface area contributed by atoms with Crippen molar-refractivity contribution in [2.45, 2.75) is 44.6 Å². The summed E-state index contributed by atoms with van der Waals surface area (Å²) < 4.78 is 20.3. The number of fused-ring (bicyclic) bond motifs is 1. The third-order valence-corrected chi connectivity index (χ3v) is 6.34. The first-order valence-electron chi connectivity index (χ1n) is 11.9. The summed E-state index contributed by atoms with van der Waals surface area (Å²) in [5.41, 5.74) is 2.99. The van der Waals surface area contributed by atoms with Crippen molar-refractivity contribution >= 4 is 11.9 Å². The summed E-state index contributed by atoms with van der Waals surface area (Å²) in [6, 6.07) is 22.3. The molecule has 6 heteroatoms. The molecule has 1 atom stereocenters. The monoisotopic (exact) mass is 475 g/mol. The van der Waals surface area contributed by atoms with Crippen LogP contribution < -0.4 is 4.74 Å². The fourth-order valence-corrected chi connectivity index (χ4v) is 4.69. The van der Waals surface area contributed by atoms with Gasteiger partial charge in [-0.05, 0) is 54.2 Å². The average Bonchev–Trinajstić information content (AvgIpc) is 3.15. The zero-order chi connectivity index (χ0) is 24.8. The highest BCUT2D eigenvalue weighted by Gasteiger charge is 2.35. The number of carbonyl (C=O) groups excluding carboxylic acids is 1. The van der Waals surface area contributed by atoms with Crippen LogP contribution in [0, 0.1) is 5.82 Å². The molecule has 182 valence electrons. The second-order valence-corrected chi connectivity index (χ2v) is 9.41. The van der Waals surface area contributed by atoms with E-state index in [1.165, 1.54) is 11.0 Å². The van der Waals surface area contributed by atoms with E-state index in [2.05, 4.69) is 0 Å². The Hall–Kier alpha value is -3.67. The van der Waals surface area contributed by atoms with E-state index in [0.717, 1.165) is 28.9 Å². The van der Waals surface area contributed by atoms with E-state index in [0.29, 0.717) is 31.4 Å². The molecule has 0 unspecified atom stereocenters. The van der Waals surface area contributed by atoms with Gasteiger partial charge in [0.15, 0.2) is 0 Å². The van der Waals surface area contributed by atoms with Gasteiger partial charge in [0, 0.05) is 19.4 Å². The standard InChI is InChI=1S/C29H30FNO4/c1-29(18-23-11-5-6-12-25(23)30)19-24-16-22(13-14-26(24)35-29)17-27(32)31(20-28(33)34)15-7-10-21-8-3-2-4-9-21/h2-6,8-9,11-14,16H,7,10,15,17-20H2,1H3,(H,33,34)/t29-/m1/s1. The van der Waals surface area contributed by atoms with Crippen LogP contribution in [0.4, 0.5) is 4.39 Å². The van der Waals surface area contributed by atoms with Gasteiger partial charge in [-0.15, -0.1) is 0 Å². The molecular weight excluding hydrogens is 445 g/mol. The Kier molecular flexibility index (Phi) is 7.49. The molecular formula is C29H30FNO4. The summed E-state index contributed by atoms with van der Waals surface area (Å²) >= 11 is 0. The normalized spacial score (nSPS) is 16.4. The molecule has 0 aliphatic carbocycles. The minimum absolute atomic E-state index is 0.121. The van der Waals surface area contributed by atoms with Gasteiger partial charge < -0.3 is 14.7 Å². The van der Waals surface area contributed by atoms with Crippen LogP contribution in [-0.2, 0) is 35.3 Å². The number of amides is 1. The molecule has 0 bridgehead atoms. The number of carboxylic acids is 1. The highest BCUT2D eigenvalue weighted by atomic mass is 19.1. The smallest absolute Gasteiger partial charge is 0.323 e. The topological polar surface area (TPSA) is 66.8 Å². The molecule has 3 aromatic rings. The van der Waals surface area contributed by atoms with E-state index >= 15 is 0 Å². The second kappa shape index (κ2) is 10.7. The molecule has 0 fully saturated rings. The summed E-state index contributed by atoms with van der Waals surface area (Å²) in [7, 11) is 0. The Labute approximate surface area is 205 Å². The Balaban J connectivity index is 1.39. The van der Waals surface area contributed by atoms with Crippen molar-refractivity contribution in [2.24, 2.45) is 0 Å². The number of rotatable bonds is 10. The molecule has 35 heavy (non-hydrogen) atoms.